The highest BCUT2D eigenvalue weighted by atomic mass is 79.9. The van der Waals surface area contributed by atoms with Gasteiger partial charge >= 0.3 is 5.97 Å². The lowest BCUT2D eigenvalue weighted by Gasteiger charge is -2.08. The van der Waals surface area contributed by atoms with E-state index in [1.165, 1.54) is 30.0 Å². The molecule has 0 saturated carbocycles. The molecule has 142 valence electrons. The first-order chi connectivity index (χ1) is 12.7. The largest absolute Gasteiger partial charge is 0.494 e. The zero-order valence-corrected chi connectivity index (χ0v) is 17.7. The van der Waals surface area contributed by atoms with Crippen LogP contribution in [0.4, 0.5) is 0 Å². The molecule has 0 aliphatic carbocycles. The summed E-state index contributed by atoms with van der Waals surface area (Å²) < 4.78 is 11.9. The number of hydrogen-bond donors (Lipinski definition) is 0. The second-order valence-corrected chi connectivity index (χ2v) is 8.22. The summed E-state index contributed by atoms with van der Waals surface area (Å²) in [5.41, 5.74) is 0. The highest BCUT2D eigenvalue weighted by molar-refractivity contribution is 9.10. The fourth-order valence-electron chi connectivity index (χ4n) is 2.62. The molecule has 0 fully saturated rings. The van der Waals surface area contributed by atoms with Crippen LogP contribution in [0.1, 0.15) is 39.0 Å². The number of ether oxygens (including phenoxy) is 2. The van der Waals surface area contributed by atoms with Gasteiger partial charge in [-0.15, -0.1) is 0 Å². The zero-order chi connectivity index (χ0) is 18.6. The first kappa shape index (κ1) is 21.1. The van der Waals surface area contributed by atoms with E-state index >= 15 is 0 Å². The smallest absolute Gasteiger partial charge is 0.306 e. The molecule has 0 spiro atoms. The summed E-state index contributed by atoms with van der Waals surface area (Å²) >= 11 is 5.33. The fourth-order valence-corrected chi connectivity index (χ4v) is 3.93. The predicted octanol–water partition coefficient (Wildman–Crippen LogP) is 6.23. The maximum atomic E-state index is 11.2. The van der Waals surface area contributed by atoms with Crippen molar-refractivity contribution in [3.05, 3.63) is 40.9 Å². The van der Waals surface area contributed by atoms with Crippen LogP contribution >= 0.6 is 27.7 Å². The third-order valence-electron chi connectivity index (χ3n) is 3.98. The number of benzene rings is 2. The molecular weight excluding hydrogens is 412 g/mol. The minimum atomic E-state index is -0.0847. The van der Waals surface area contributed by atoms with E-state index in [2.05, 4.69) is 46.3 Å². The van der Waals surface area contributed by atoms with Gasteiger partial charge in [0, 0.05) is 10.2 Å². The summed E-state index contributed by atoms with van der Waals surface area (Å²) in [6.45, 7) is 3.08. The predicted molar refractivity (Wildman–Crippen MR) is 114 cm³/mol. The van der Waals surface area contributed by atoms with Gasteiger partial charge in [0.25, 0.3) is 0 Å². The van der Waals surface area contributed by atoms with E-state index in [1.54, 1.807) is 0 Å². The van der Waals surface area contributed by atoms with Gasteiger partial charge in [-0.05, 0) is 60.6 Å². The van der Waals surface area contributed by atoms with Gasteiger partial charge in [0.1, 0.15) is 5.75 Å². The molecule has 2 rings (SSSR count). The monoisotopic (exact) mass is 438 g/mol. The van der Waals surface area contributed by atoms with Gasteiger partial charge in [-0.1, -0.05) is 40.9 Å². The summed E-state index contributed by atoms with van der Waals surface area (Å²) in [6, 6.07) is 12.5. The molecule has 26 heavy (non-hydrogen) atoms. The summed E-state index contributed by atoms with van der Waals surface area (Å²) in [4.78, 5) is 11.2. The standard InChI is InChI=1S/C21H27BrO3S/c1-2-24-21(23)11-14-26-13-6-4-3-5-12-25-20-10-8-17-15-19(22)9-7-18(17)16-20/h7-10,15-16H,2-6,11-14H2,1H3. The number of fused-ring (bicyclic) bond motifs is 1. The second kappa shape index (κ2) is 12.2. The molecule has 0 aliphatic rings. The van der Waals surface area contributed by atoms with Crippen LogP contribution in [0.15, 0.2) is 40.9 Å². The minimum absolute atomic E-state index is 0.0847. The van der Waals surface area contributed by atoms with Gasteiger partial charge in [0.05, 0.1) is 19.6 Å². The highest BCUT2D eigenvalue weighted by Crippen LogP contribution is 2.24. The SMILES string of the molecule is CCOC(=O)CCSCCCCCCOc1ccc2cc(Br)ccc2c1. The van der Waals surface area contributed by atoms with Crippen molar-refractivity contribution in [1.29, 1.82) is 0 Å². The molecule has 3 nitrogen and oxygen atoms in total. The molecule has 0 heterocycles. The molecule has 2 aromatic carbocycles. The number of halogens is 1. The highest BCUT2D eigenvalue weighted by Gasteiger charge is 2.01. The maximum absolute atomic E-state index is 11.2. The van der Waals surface area contributed by atoms with E-state index < -0.39 is 0 Å². The molecule has 2 aromatic rings. The molecule has 0 aliphatic heterocycles. The van der Waals surface area contributed by atoms with Crippen molar-refractivity contribution in [1.82, 2.24) is 0 Å². The molecule has 5 heteroatoms. The zero-order valence-electron chi connectivity index (χ0n) is 15.3. The van der Waals surface area contributed by atoms with E-state index in [0.717, 1.165) is 34.8 Å². The van der Waals surface area contributed by atoms with Crippen molar-refractivity contribution >= 4 is 44.4 Å². The van der Waals surface area contributed by atoms with Gasteiger partial charge in [-0.25, -0.2) is 0 Å². The molecule has 0 aromatic heterocycles. The third kappa shape index (κ3) is 8.00. The Bertz CT molecular complexity index is 690. The number of thioether (sulfide) groups is 1. The Hall–Kier alpha value is -1.20. The van der Waals surface area contributed by atoms with Crippen LogP contribution in [-0.2, 0) is 9.53 Å². The third-order valence-corrected chi connectivity index (χ3v) is 5.54. The molecule has 0 radical (unpaired) electrons. The Morgan fingerprint density at radius 3 is 2.62 bits per heavy atom. The Labute approximate surface area is 169 Å². The lowest BCUT2D eigenvalue weighted by Crippen LogP contribution is -2.04. The van der Waals surface area contributed by atoms with Crippen LogP contribution < -0.4 is 4.74 Å². The van der Waals surface area contributed by atoms with Crippen LogP contribution in [-0.4, -0.2) is 30.7 Å². The van der Waals surface area contributed by atoms with Crippen LogP contribution in [0.25, 0.3) is 10.8 Å². The van der Waals surface area contributed by atoms with Crippen molar-refractivity contribution in [3.63, 3.8) is 0 Å². The number of hydrogen-bond acceptors (Lipinski definition) is 4. The van der Waals surface area contributed by atoms with Gasteiger partial charge in [0.15, 0.2) is 0 Å². The van der Waals surface area contributed by atoms with Crippen LogP contribution in [0, 0.1) is 0 Å². The topological polar surface area (TPSA) is 35.5 Å². The summed E-state index contributed by atoms with van der Waals surface area (Å²) in [7, 11) is 0. The Morgan fingerprint density at radius 2 is 1.77 bits per heavy atom. The van der Waals surface area contributed by atoms with E-state index in [1.807, 2.05) is 24.8 Å². The molecule has 0 N–H and O–H groups in total. The van der Waals surface area contributed by atoms with Gasteiger partial charge < -0.3 is 9.47 Å². The second-order valence-electron chi connectivity index (χ2n) is 6.08. The molecule has 0 bridgehead atoms. The average molecular weight is 439 g/mol. The van der Waals surface area contributed by atoms with Crippen LogP contribution in [0.3, 0.4) is 0 Å². The lowest BCUT2D eigenvalue weighted by atomic mass is 10.1. The summed E-state index contributed by atoms with van der Waals surface area (Å²) in [5, 5.41) is 2.41. The lowest BCUT2D eigenvalue weighted by molar-refractivity contribution is -0.142. The molecule has 0 atom stereocenters. The van der Waals surface area contributed by atoms with E-state index in [-0.39, 0.29) is 5.97 Å². The van der Waals surface area contributed by atoms with E-state index in [4.69, 9.17) is 9.47 Å². The van der Waals surface area contributed by atoms with Gasteiger partial charge in [0.2, 0.25) is 0 Å². The molecular formula is C21H27BrO3S. The Morgan fingerprint density at radius 1 is 1.00 bits per heavy atom. The van der Waals surface area contributed by atoms with E-state index in [0.29, 0.717) is 13.0 Å². The van der Waals surface area contributed by atoms with Gasteiger partial charge in [-0.3, -0.25) is 4.79 Å². The summed E-state index contributed by atoms with van der Waals surface area (Å²) in [6.07, 6.45) is 5.18. The van der Waals surface area contributed by atoms with Crippen molar-refractivity contribution < 1.29 is 14.3 Å². The first-order valence-corrected chi connectivity index (χ1v) is 11.2. The van der Waals surface area contributed by atoms with Crippen molar-refractivity contribution in [2.24, 2.45) is 0 Å². The maximum Gasteiger partial charge on any atom is 0.306 e. The minimum Gasteiger partial charge on any atom is -0.494 e. The van der Waals surface area contributed by atoms with Crippen molar-refractivity contribution in [3.8, 4) is 5.75 Å². The molecule has 0 saturated heterocycles. The average Bonchev–Trinajstić information content (AvgIpc) is 2.63. The quantitative estimate of drug-likeness (QED) is 0.290. The number of carbonyl (C=O) groups excluding carboxylic acids is 1. The van der Waals surface area contributed by atoms with Crippen molar-refractivity contribution in [2.45, 2.75) is 39.0 Å². The number of esters is 1. The molecule has 0 unspecified atom stereocenters. The normalized spacial score (nSPS) is 10.8. The Kier molecular flexibility index (Phi) is 9.93. The Balaban J connectivity index is 1.50. The number of carbonyl (C=O) groups is 1. The number of rotatable bonds is 12. The first-order valence-electron chi connectivity index (χ1n) is 9.24. The van der Waals surface area contributed by atoms with Crippen molar-refractivity contribution in [2.75, 3.05) is 24.7 Å². The van der Waals surface area contributed by atoms with Gasteiger partial charge in [-0.2, -0.15) is 11.8 Å². The summed E-state index contributed by atoms with van der Waals surface area (Å²) in [5.74, 6) is 2.83. The van der Waals surface area contributed by atoms with Crippen LogP contribution in [0.5, 0.6) is 5.75 Å². The number of unbranched alkanes of at least 4 members (excludes halogenated alkanes) is 3. The fraction of sp³-hybridized carbons (Fsp3) is 0.476. The van der Waals surface area contributed by atoms with E-state index in [9.17, 15) is 4.79 Å². The van der Waals surface area contributed by atoms with Crippen LogP contribution in [0.2, 0.25) is 0 Å². The molecule has 0 amide bonds.